The number of hydrogen-bond acceptors (Lipinski definition) is 5. The number of likely N-dealkylation sites (tertiary alicyclic amines) is 1. The quantitative estimate of drug-likeness (QED) is 0.871. The fourth-order valence-electron chi connectivity index (χ4n) is 2.77. The summed E-state index contributed by atoms with van der Waals surface area (Å²) in [6.07, 6.45) is 1.46. The predicted octanol–water partition coefficient (Wildman–Crippen LogP) is 3.08. The van der Waals surface area contributed by atoms with Gasteiger partial charge in [0.25, 0.3) is 0 Å². The van der Waals surface area contributed by atoms with Crippen molar-refractivity contribution in [1.82, 2.24) is 14.9 Å². The van der Waals surface area contributed by atoms with Crippen LogP contribution in [0.1, 0.15) is 12.0 Å². The lowest BCUT2D eigenvalue weighted by atomic mass is 10.1. The van der Waals surface area contributed by atoms with Crippen molar-refractivity contribution in [3.8, 4) is 17.3 Å². The van der Waals surface area contributed by atoms with Crippen molar-refractivity contribution in [2.45, 2.75) is 6.42 Å². The summed E-state index contributed by atoms with van der Waals surface area (Å²) in [5, 5.41) is 21.4. The summed E-state index contributed by atoms with van der Waals surface area (Å²) in [6, 6.07) is 9.07. The van der Waals surface area contributed by atoms with Crippen LogP contribution in [0.15, 0.2) is 30.5 Å². The van der Waals surface area contributed by atoms with Crippen molar-refractivity contribution < 1.29 is 9.90 Å². The largest absolute Gasteiger partial charge is 0.465 e. The number of halogens is 1. The average molecular weight is 358 g/mol. The van der Waals surface area contributed by atoms with Crippen LogP contribution in [0.25, 0.3) is 11.3 Å². The molecule has 1 aromatic carbocycles. The molecule has 1 aliphatic heterocycles. The van der Waals surface area contributed by atoms with Gasteiger partial charge in [0.2, 0.25) is 5.95 Å². The maximum Gasteiger partial charge on any atom is 0.407 e. The highest BCUT2D eigenvalue weighted by Crippen LogP contribution is 2.26. The Kier molecular flexibility index (Phi) is 5.00. The van der Waals surface area contributed by atoms with Gasteiger partial charge in [-0.25, -0.2) is 14.8 Å². The van der Waals surface area contributed by atoms with E-state index in [2.05, 4.69) is 21.4 Å². The lowest BCUT2D eigenvalue weighted by Gasteiger charge is -2.13. The first-order valence-corrected chi connectivity index (χ1v) is 8.19. The summed E-state index contributed by atoms with van der Waals surface area (Å²) < 4.78 is 0. The Balaban J connectivity index is 1.69. The molecule has 1 atom stereocenters. The Bertz CT molecular complexity index is 819. The standard InChI is InChI=1S/C17H16ClN5O2/c18-14-9-21-16(20-8-12-5-6-23(10-12)17(24)25)22-15(14)13-3-1-11(7-19)2-4-13/h1-4,9,12H,5-6,8,10H2,(H,24,25)(H,20,21,22)/t12-/m1/s1. The molecule has 2 heterocycles. The van der Waals surface area contributed by atoms with Crippen LogP contribution in [0.5, 0.6) is 0 Å². The first kappa shape index (κ1) is 17.0. The second kappa shape index (κ2) is 7.36. The van der Waals surface area contributed by atoms with Crippen molar-refractivity contribution >= 4 is 23.6 Å². The molecular formula is C17H16ClN5O2. The third-order valence-electron chi connectivity index (χ3n) is 4.14. The summed E-state index contributed by atoms with van der Waals surface area (Å²) in [7, 11) is 0. The minimum atomic E-state index is -0.881. The van der Waals surface area contributed by atoms with E-state index in [9.17, 15) is 4.79 Å². The number of benzene rings is 1. The van der Waals surface area contributed by atoms with E-state index in [1.807, 2.05) is 0 Å². The van der Waals surface area contributed by atoms with Crippen molar-refractivity contribution in [1.29, 1.82) is 5.26 Å². The van der Waals surface area contributed by atoms with Gasteiger partial charge in [0.05, 0.1) is 28.5 Å². The van der Waals surface area contributed by atoms with E-state index in [1.54, 1.807) is 24.3 Å². The minimum absolute atomic E-state index is 0.230. The van der Waals surface area contributed by atoms with Gasteiger partial charge < -0.3 is 15.3 Å². The summed E-state index contributed by atoms with van der Waals surface area (Å²) in [4.78, 5) is 21.0. The first-order chi connectivity index (χ1) is 12.1. The maximum absolute atomic E-state index is 11.0. The molecular weight excluding hydrogens is 342 g/mol. The Labute approximate surface area is 149 Å². The number of nitrogens with zero attached hydrogens (tertiary/aromatic N) is 4. The van der Waals surface area contributed by atoms with Crippen LogP contribution in [0, 0.1) is 17.2 Å². The van der Waals surface area contributed by atoms with Gasteiger partial charge in [0, 0.05) is 25.2 Å². The van der Waals surface area contributed by atoms with Gasteiger partial charge in [-0.2, -0.15) is 5.26 Å². The molecule has 25 heavy (non-hydrogen) atoms. The summed E-state index contributed by atoms with van der Waals surface area (Å²) in [6.45, 7) is 1.66. The molecule has 0 unspecified atom stereocenters. The van der Waals surface area contributed by atoms with Crippen LogP contribution >= 0.6 is 11.6 Å². The van der Waals surface area contributed by atoms with E-state index < -0.39 is 6.09 Å². The number of nitrogens with one attached hydrogen (secondary N) is 1. The minimum Gasteiger partial charge on any atom is -0.465 e. The van der Waals surface area contributed by atoms with Gasteiger partial charge in [-0.15, -0.1) is 0 Å². The molecule has 0 saturated carbocycles. The Morgan fingerprint density at radius 1 is 1.44 bits per heavy atom. The van der Waals surface area contributed by atoms with Gasteiger partial charge in [-0.05, 0) is 24.5 Å². The number of anilines is 1. The van der Waals surface area contributed by atoms with Crippen LogP contribution in [0.4, 0.5) is 10.7 Å². The monoisotopic (exact) mass is 357 g/mol. The number of nitriles is 1. The van der Waals surface area contributed by atoms with Crippen LogP contribution in [0.3, 0.4) is 0 Å². The molecule has 0 spiro atoms. The molecule has 7 nitrogen and oxygen atoms in total. The smallest absolute Gasteiger partial charge is 0.407 e. The number of amides is 1. The summed E-state index contributed by atoms with van der Waals surface area (Å²) in [5.41, 5.74) is 1.95. The van der Waals surface area contributed by atoms with Gasteiger partial charge in [-0.3, -0.25) is 0 Å². The number of carbonyl (C=O) groups is 1. The fraction of sp³-hybridized carbons (Fsp3) is 0.294. The Morgan fingerprint density at radius 2 is 2.20 bits per heavy atom. The molecule has 1 saturated heterocycles. The van der Waals surface area contributed by atoms with Crippen molar-refractivity contribution in [2.24, 2.45) is 5.92 Å². The maximum atomic E-state index is 11.0. The number of hydrogen-bond donors (Lipinski definition) is 2. The zero-order chi connectivity index (χ0) is 17.8. The second-order valence-electron chi connectivity index (χ2n) is 5.84. The zero-order valence-corrected chi connectivity index (χ0v) is 14.1. The lowest BCUT2D eigenvalue weighted by molar-refractivity contribution is 0.154. The molecule has 0 radical (unpaired) electrons. The molecule has 1 amide bonds. The second-order valence-corrected chi connectivity index (χ2v) is 6.25. The topological polar surface area (TPSA) is 102 Å². The molecule has 0 bridgehead atoms. The van der Waals surface area contributed by atoms with E-state index in [0.29, 0.717) is 41.9 Å². The normalized spacial score (nSPS) is 16.5. The SMILES string of the molecule is N#Cc1ccc(-c2nc(NC[C@H]3CCN(C(=O)O)C3)ncc2Cl)cc1. The van der Waals surface area contributed by atoms with Crippen molar-refractivity contribution in [2.75, 3.05) is 25.0 Å². The molecule has 1 aliphatic rings. The Hall–Kier alpha value is -2.85. The van der Waals surface area contributed by atoms with E-state index >= 15 is 0 Å². The number of carboxylic acid groups (broad SMARTS) is 1. The fourth-order valence-corrected chi connectivity index (χ4v) is 2.97. The highest BCUT2D eigenvalue weighted by molar-refractivity contribution is 6.32. The molecule has 1 aromatic heterocycles. The van der Waals surface area contributed by atoms with Gasteiger partial charge >= 0.3 is 6.09 Å². The molecule has 3 rings (SSSR count). The molecule has 0 aliphatic carbocycles. The molecule has 1 fully saturated rings. The van der Waals surface area contributed by atoms with Crippen LogP contribution < -0.4 is 5.32 Å². The van der Waals surface area contributed by atoms with E-state index in [-0.39, 0.29) is 5.92 Å². The average Bonchev–Trinajstić information content (AvgIpc) is 3.10. The molecule has 8 heteroatoms. The molecule has 2 aromatic rings. The van der Waals surface area contributed by atoms with Gasteiger partial charge in [-0.1, -0.05) is 23.7 Å². The Morgan fingerprint density at radius 3 is 2.84 bits per heavy atom. The van der Waals surface area contributed by atoms with Crippen LogP contribution in [0.2, 0.25) is 5.02 Å². The number of aromatic nitrogens is 2. The van der Waals surface area contributed by atoms with Crippen LogP contribution in [-0.2, 0) is 0 Å². The van der Waals surface area contributed by atoms with Crippen molar-refractivity contribution in [3.05, 3.63) is 41.0 Å². The van der Waals surface area contributed by atoms with E-state index in [0.717, 1.165) is 12.0 Å². The van der Waals surface area contributed by atoms with E-state index in [4.69, 9.17) is 22.0 Å². The summed E-state index contributed by atoms with van der Waals surface area (Å²) >= 11 is 6.20. The number of rotatable bonds is 4. The van der Waals surface area contributed by atoms with Gasteiger partial charge in [0.15, 0.2) is 0 Å². The highest BCUT2D eigenvalue weighted by atomic mass is 35.5. The highest BCUT2D eigenvalue weighted by Gasteiger charge is 2.25. The third kappa shape index (κ3) is 3.98. The third-order valence-corrected chi connectivity index (χ3v) is 4.41. The van der Waals surface area contributed by atoms with E-state index in [1.165, 1.54) is 11.1 Å². The first-order valence-electron chi connectivity index (χ1n) is 7.81. The predicted molar refractivity (Wildman–Crippen MR) is 93.4 cm³/mol. The summed E-state index contributed by atoms with van der Waals surface area (Å²) in [5.74, 6) is 0.672. The van der Waals surface area contributed by atoms with Gasteiger partial charge in [0.1, 0.15) is 0 Å². The molecule has 2 N–H and O–H groups in total. The van der Waals surface area contributed by atoms with Crippen LogP contribution in [-0.4, -0.2) is 45.7 Å². The molecule has 128 valence electrons. The van der Waals surface area contributed by atoms with Crippen molar-refractivity contribution in [3.63, 3.8) is 0 Å². The lowest BCUT2D eigenvalue weighted by Crippen LogP contribution is -2.28. The zero-order valence-electron chi connectivity index (χ0n) is 13.3.